The Balaban J connectivity index is 1.51. The summed E-state index contributed by atoms with van der Waals surface area (Å²) in [5, 5.41) is 3.04. The fraction of sp³-hybridized carbons (Fsp3) is 0.611. The van der Waals surface area contributed by atoms with Gasteiger partial charge in [0.05, 0.1) is 19.8 Å². The molecule has 0 atom stereocenters. The summed E-state index contributed by atoms with van der Waals surface area (Å²) in [5.74, 6) is -0.553. The minimum atomic E-state index is -0.553. The molecule has 2 heterocycles. The van der Waals surface area contributed by atoms with Gasteiger partial charge in [-0.3, -0.25) is 0 Å². The van der Waals surface area contributed by atoms with E-state index in [1.54, 1.807) is 0 Å². The van der Waals surface area contributed by atoms with Crippen LogP contribution in [0.4, 0.5) is 4.79 Å². The summed E-state index contributed by atoms with van der Waals surface area (Å²) < 4.78 is 11.4. The molecular weight excluding hydrogens is 292 g/mol. The van der Waals surface area contributed by atoms with E-state index in [2.05, 4.69) is 37.4 Å². The highest BCUT2D eigenvalue weighted by molar-refractivity contribution is 5.74. The van der Waals surface area contributed by atoms with Crippen molar-refractivity contribution in [2.75, 3.05) is 32.8 Å². The third-order valence-corrected chi connectivity index (χ3v) is 4.81. The number of hydrogen-bond acceptors (Lipinski definition) is 3. The van der Waals surface area contributed by atoms with Crippen molar-refractivity contribution in [3.05, 3.63) is 34.9 Å². The highest BCUT2D eigenvalue weighted by Crippen LogP contribution is 2.29. The van der Waals surface area contributed by atoms with Crippen LogP contribution in [0.2, 0.25) is 0 Å². The number of piperidine rings is 1. The maximum absolute atomic E-state index is 12.4. The lowest BCUT2D eigenvalue weighted by Gasteiger charge is -2.38. The number of rotatable bonds is 3. The average Bonchev–Trinajstić information content (AvgIpc) is 2.98. The van der Waals surface area contributed by atoms with Crippen LogP contribution < -0.4 is 5.32 Å². The van der Waals surface area contributed by atoms with Crippen LogP contribution in [0.3, 0.4) is 0 Å². The largest absolute Gasteiger partial charge is 0.346 e. The molecule has 2 fully saturated rings. The molecule has 0 bridgehead atoms. The summed E-state index contributed by atoms with van der Waals surface area (Å²) in [6, 6.07) is 6.29. The van der Waals surface area contributed by atoms with Crippen LogP contribution >= 0.6 is 0 Å². The van der Waals surface area contributed by atoms with Crippen molar-refractivity contribution in [3.63, 3.8) is 0 Å². The van der Waals surface area contributed by atoms with Crippen LogP contribution in [-0.2, 0) is 15.9 Å². The molecule has 2 aliphatic heterocycles. The standard InChI is InChI=1S/C18H26N2O3/c1-14-5-3-6-15(2)16(14)7-9-19-17(21)20-10-4-8-18(13-20)22-11-12-23-18/h3,5-6H,4,7-13H2,1-2H3,(H,19,21). The van der Waals surface area contributed by atoms with E-state index < -0.39 is 5.79 Å². The maximum Gasteiger partial charge on any atom is 0.317 e. The monoisotopic (exact) mass is 318 g/mol. The SMILES string of the molecule is Cc1cccc(C)c1CCNC(=O)N1CCCC2(C1)OCCO2. The normalized spacial score (nSPS) is 20.0. The molecule has 0 radical (unpaired) electrons. The van der Waals surface area contributed by atoms with E-state index in [0.29, 0.717) is 26.3 Å². The number of hydrogen-bond donors (Lipinski definition) is 1. The van der Waals surface area contributed by atoms with Crippen molar-refractivity contribution in [3.8, 4) is 0 Å². The first-order valence-corrected chi connectivity index (χ1v) is 8.45. The summed E-state index contributed by atoms with van der Waals surface area (Å²) in [6.07, 6.45) is 2.65. The van der Waals surface area contributed by atoms with Gasteiger partial charge >= 0.3 is 6.03 Å². The third kappa shape index (κ3) is 3.67. The van der Waals surface area contributed by atoms with Gasteiger partial charge in [-0.1, -0.05) is 18.2 Å². The number of urea groups is 1. The number of amides is 2. The van der Waals surface area contributed by atoms with Crippen LogP contribution in [0.15, 0.2) is 18.2 Å². The van der Waals surface area contributed by atoms with E-state index in [9.17, 15) is 4.79 Å². The van der Waals surface area contributed by atoms with E-state index in [4.69, 9.17) is 9.47 Å². The Morgan fingerprint density at radius 1 is 1.26 bits per heavy atom. The van der Waals surface area contributed by atoms with Gasteiger partial charge in [0.2, 0.25) is 0 Å². The second-order valence-electron chi connectivity index (χ2n) is 6.49. The molecule has 0 aromatic heterocycles. The minimum Gasteiger partial charge on any atom is -0.346 e. The van der Waals surface area contributed by atoms with E-state index in [0.717, 1.165) is 25.8 Å². The lowest BCUT2D eigenvalue weighted by atomic mass is 10.0. The average molecular weight is 318 g/mol. The first-order chi connectivity index (χ1) is 11.1. The van der Waals surface area contributed by atoms with Gasteiger partial charge in [0.1, 0.15) is 0 Å². The zero-order chi connectivity index (χ0) is 16.3. The predicted octanol–water partition coefficient (Wildman–Crippen LogP) is 2.39. The minimum absolute atomic E-state index is 0.0191. The summed E-state index contributed by atoms with van der Waals surface area (Å²) in [4.78, 5) is 14.2. The highest BCUT2D eigenvalue weighted by Gasteiger charge is 2.42. The molecule has 5 heteroatoms. The smallest absolute Gasteiger partial charge is 0.317 e. The molecule has 0 unspecified atom stereocenters. The number of ether oxygens (including phenoxy) is 2. The Labute approximate surface area is 137 Å². The van der Waals surface area contributed by atoms with Crippen LogP contribution in [-0.4, -0.2) is 49.6 Å². The molecule has 2 amide bonds. The van der Waals surface area contributed by atoms with Crippen LogP contribution in [0.25, 0.3) is 0 Å². The zero-order valence-electron chi connectivity index (χ0n) is 14.1. The Morgan fingerprint density at radius 3 is 2.65 bits per heavy atom. The van der Waals surface area contributed by atoms with Crippen LogP contribution in [0, 0.1) is 13.8 Å². The van der Waals surface area contributed by atoms with E-state index in [-0.39, 0.29) is 6.03 Å². The molecule has 0 saturated carbocycles. The predicted molar refractivity (Wildman–Crippen MR) is 88.5 cm³/mol. The maximum atomic E-state index is 12.4. The molecule has 1 aromatic rings. The van der Waals surface area contributed by atoms with Gasteiger partial charge in [-0.25, -0.2) is 4.79 Å². The first-order valence-electron chi connectivity index (χ1n) is 8.45. The molecule has 0 aliphatic carbocycles. The number of nitrogens with one attached hydrogen (secondary N) is 1. The number of benzene rings is 1. The van der Waals surface area contributed by atoms with Crippen molar-refractivity contribution < 1.29 is 14.3 Å². The second-order valence-corrected chi connectivity index (χ2v) is 6.49. The quantitative estimate of drug-likeness (QED) is 0.931. The summed E-state index contributed by atoms with van der Waals surface area (Å²) in [6.45, 7) is 7.44. The first kappa shape index (κ1) is 16.3. The van der Waals surface area contributed by atoms with E-state index >= 15 is 0 Å². The van der Waals surface area contributed by atoms with E-state index in [1.165, 1.54) is 16.7 Å². The lowest BCUT2D eigenvalue weighted by Crippen LogP contribution is -2.53. The van der Waals surface area contributed by atoms with Gasteiger partial charge in [0, 0.05) is 19.5 Å². The summed E-state index contributed by atoms with van der Waals surface area (Å²) in [5.41, 5.74) is 3.89. The Morgan fingerprint density at radius 2 is 1.96 bits per heavy atom. The Kier molecular flexibility index (Phi) is 4.87. The number of carbonyl (C=O) groups excluding carboxylic acids is 1. The van der Waals surface area contributed by atoms with Crippen molar-refractivity contribution in [2.24, 2.45) is 0 Å². The van der Waals surface area contributed by atoms with Crippen LogP contribution in [0.5, 0.6) is 0 Å². The molecule has 23 heavy (non-hydrogen) atoms. The molecule has 1 spiro atoms. The molecule has 1 N–H and O–H groups in total. The van der Waals surface area contributed by atoms with Gasteiger partial charge in [-0.05, 0) is 43.4 Å². The lowest BCUT2D eigenvalue weighted by molar-refractivity contribution is -0.182. The highest BCUT2D eigenvalue weighted by atomic mass is 16.7. The number of carbonyl (C=O) groups is 1. The summed E-state index contributed by atoms with van der Waals surface area (Å²) in [7, 11) is 0. The zero-order valence-corrected chi connectivity index (χ0v) is 14.1. The molecular formula is C18H26N2O3. The topological polar surface area (TPSA) is 50.8 Å². The van der Waals surface area contributed by atoms with E-state index in [1.807, 2.05) is 4.90 Å². The Hall–Kier alpha value is -1.59. The van der Waals surface area contributed by atoms with Crippen molar-refractivity contribution in [2.45, 2.75) is 38.9 Å². The summed E-state index contributed by atoms with van der Waals surface area (Å²) >= 11 is 0. The third-order valence-electron chi connectivity index (χ3n) is 4.81. The fourth-order valence-corrected chi connectivity index (χ4v) is 3.54. The molecule has 1 aromatic carbocycles. The van der Waals surface area contributed by atoms with Gasteiger partial charge in [0.25, 0.3) is 0 Å². The second kappa shape index (κ2) is 6.89. The fourth-order valence-electron chi connectivity index (χ4n) is 3.54. The number of aryl methyl sites for hydroxylation is 2. The van der Waals surface area contributed by atoms with Crippen LogP contribution in [0.1, 0.15) is 29.5 Å². The van der Waals surface area contributed by atoms with Gasteiger partial charge in [-0.15, -0.1) is 0 Å². The van der Waals surface area contributed by atoms with Crippen molar-refractivity contribution in [1.82, 2.24) is 10.2 Å². The van der Waals surface area contributed by atoms with Crippen molar-refractivity contribution >= 4 is 6.03 Å². The Bertz CT molecular complexity index is 547. The number of nitrogens with zero attached hydrogens (tertiary/aromatic N) is 1. The van der Waals surface area contributed by atoms with Crippen molar-refractivity contribution in [1.29, 1.82) is 0 Å². The molecule has 5 nitrogen and oxygen atoms in total. The molecule has 2 aliphatic rings. The molecule has 3 rings (SSSR count). The van der Waals surface area contributed by atoms with Gasteiger partial charge < -0.3 is 19.7 Å². The molecule has 2 saturated heterocycles. The molecule has 126 valence electrons. The number of likely N-dealkylation sites (tertiary alicyclic amines) is 1. The van der Waals surface area contributed by atoms with Gasteiger partial charge in [0.15, 0.2) is 5.79 Å². The van der Waals surface area contributed by atoms with Gasteiger partial charge in [-0.2, -0.15) is 0 Å².